The normalized spacial score (nSPS) is 31.7. The molecule has 3 fully saturated rings. The molecule has 1 saturated carbocycles. The predicted molar refractivity (Wildman–Crippen MR) is 160 cm³/mol. The lowest BCUT2D eigenvalue weighted by atomic mass is 9.43. The lowest BCUT2D eigenvalue weighted by Crippen LogP contribution is -2.67. The van der Waals surface area contributed by atoms with Crippen LogP contribution in [0, 0.1) is 56.8 Å². The van der Waals surface area contributed by atoms with E-state index in [0.29, 0.717) is 16.9 Å². The van der Waals surface area contributed by atoms with Gasteiger partial charge in [0.25, 0.3) is 0 Å². The van der Waals surface area contributed by atoms with E-state index in [0.717, 1.165) is 22.3 Å². The van der Waals surface area contributed by atoms with Crippen molar-refractivity contribution in [1.82, 2.24) is 0 Å². The van der Waals surface area contributed by atoms with Gasteiger partial charge >= 0.3 is 5.97 Å². The van der Waals surface area contributed by atoms with Crippen LogP contribution in [0.1, 0.15) is 43.0 Å². The van der Waals surface area contributed by atoms with E-state index in [4.69, 9.17) is 4.74 Å². The summed E-state index contributed by atoms with van der Waals surface area (Å²) < 4.78 is 4.03. The molecule has 42 heavy (non-hydrogen) atoms. The Morgan fingerprint density at radius 1 is 0.762 bits per heavy atom. The Morgan fingerprint density at radius 3 is 1.55 bits per heavy atom. The van der Waals surface area contributed by atoms with Crippen molar-refractivity contribution in [3.05, 3.63) is 69.8 Å². The number of ether oxygens (including phenoxy) is 1. The molecule has 2 saturated heterocycles. The van der Waals surface area contributed by atoms with Crippen molar-refractivity contribution in [2.24, 2.45) is 29.1 Å². The van der Waals surface area contributed by atoms with Gasteiger partial charge in [0.1, 0.15) is 0 Å². The second-order valence-electron chi connectivity index (χ2n) is 12.3. The molecule has 2 aromatic carbocycles. The van der Waals surface area contributed by atoms with Gasteiger partial charge in [-0.05, 0) is 70.4 Å². The molecule has 218 valence electrons. The highest BCUT2D eigenvalue weighted by Gasteiger charge is 2.81. The molecule has 7 rings (SSSR count). The Kier molecular flexibility index (Phi) is 6.25. The number of hydrogen-bond donors (Lipinski definition) is 0. The quantitative estimate of drug-likeness (QED) is 0.271. The zero-order chi connectivity index (χ0) is 30.6. The molecule has 0 radical (unpaired) electrons. The lowest BCUT2D eigenvalue weighted by Gasteiger charge is -2.59. The first-order valence-corrected chi connectivity index (χ1v) is 15.0. The number of halogens is 1. The summed E-state index contributed by atoms with van der Waals surface area (Å²) in [6.45, 7) is 12.7. The fourth-order valence-corrected chi connectivity index (χ4v) is 9.44. The van der Waals surface area contributed by atoms with Gasteiger partial charge in [-0.3, -0.25) is 19.2 Å². The molecule has 8 nitrogen and oxygen atoms in total. The molecular weight excluding hydrogens is 600 g/mol. The number of amides is 4. The zero-order valence-electron chi connectivity index (χ0n) is 24.7. The van der Waals surface area contributed by atoms with Crippen LogP contribution in [0.15, 0.2) is 47.5 Å². The number of alkyl halides is 1. The van der Waals surface area contributed by atoms with Crippen molar-refractivity contribution in [3.63, 3.8) is 0 Å². The molecule has 5 aliphatic rings. The third-order valence-corrected chi connectivity index (χ3v) is 11.5. The SMILES string of the molecule is CCOC(=O)C1=C(C)C2(Br)[C@@H]3C(=O)N(c4ccc(C)cc4C)C(=O)[C@H]3C1(C)[C@H]1C(=O)N(c3ccc(C)cc3C)C(=O)[C@@H]12. The minimum atomic E-state index is -1.47. The largest absolute Gasteiger partial charge is 0.463 e. The fraction of sp³-hybridized carbons (Fsp3) is 0.424. The van der Waals surface area contributed by atoms with Crippen LogP contribution in [0.5, 0.6) is 0 Å². The number of hydrogen-bond acceptors (Lipinski definition) is 6. The number of aryl methyl sites for hydroxylation is 4. The number of esters is 1. The summed E-state index contributed by atoms with van der Waals surface area (Å²) >= 11 is 3.83. The number of carbonyl (C=O) groups excluding carboxylic acids is 5. The Bertz CT molecular complexity index is 1580. The average Bonchev–Trinajstić information content (AvgIpc) is 3.34. The molecule has 2 bridgehead atoms. The second-order valence-corrected chi connectivity index (χ2v) is 13.6. The van der Waals surface area contributed by atoms with Gasteiger partial charge in [-0.25, -0.2) is 14.6 Å². The minimum Gasteiger partial charge on any atom is -0.463 e. The molecular formula is C33H33BrN2O6. The molecule has 4 amide bonds. The van der Waals surface area contributed by atoms with Gasteiger partial charge in [0.2, 0.25) is 23.6 Å². The predicted octanol–water partition coefficient (Wildman–Crippen LogP) is 4.88. The number of imide groups is 2. The first-order chi connectivity index (χ1) is 19.7. The number of benzene rings is 2. The molecule has 2 unspecified atom stereocenters. The number of carbonyl (C=O) groups is 5. The third-order valence-electron chi connectivity index (χ3n) is 9.96. The number of rotatable bonds is 4. The van der Waals surface area contributed by atoms with E-state index in [1.165, 1.54) is 9.80 Å². The van der Waals surface area contributed by atoms with Crippen LogP contribution in [0.25, 0.3) is 0 Å². The summed E-state index contributed by atoms with van der Waals surface area (Å²) in [5.74, 6) is -6.67. The molecule has 6 atom stereocenters. The summed E-state index contributed by atoms with van der Waals surface area (Å²) in [5.41, 5.74) is 3.56. The summed E-state index contributed by atoms with van der Waals surface area (Å²) in [6.07, 6.45) is 0. The fourth-order valence-electron chi connectivity index (χ4n) is 8.32. The molecule has 2 aliphatic heterocycles. The first-order valence-electron chi connectivity index (χ1n) is 14.2. The number of nitrogens with zero attached hydrogens (tertiary/aromatic N) is 2. The van der Waals surface area contributed by atoms with E-state index in [2.05, 4.69) is 15.9 Å². The molecule has 0 aromatic heterocycles. The van der Waals surface area contributed by atoms with Crippen molar-refractivity contribution in [1.29, 1.82) is 0 Å². The second kappa shape index (κ2) is 9.20. The van der Waals surface area contributed by atoms with Crippen molar-refractivity contribution in [3.8, 4) is 0 Å². The van der Waals surface area contributed by atoms with Gasteiger partial charge in [-0.1, -0.05) is 58.2 Å². The standard InChI is InChI=1S/C33H33BrN2O6/c1-8-42-31(41)22-19(6)33(34)25-23(27(37)35(29(25)39)20-11-9-15(2)13-17(20)4)32(22,7)24-26(33)30(40)36(28(24)38)21-12-10-16(3)14-18(21)5/h9-14,23-26H,8H2,1-7H3/t23-,24+,25-,26+,32?,33?. The molecule has 0 spiro atoms. The number of allylic oxidation sites excluding steroid dienone is 1. The molecule has 2 heterocycles. The van der Waals surface area contributed by atoms with Gasteiger partial charge in [-0.2, -0.15) is 0 Å². The topological polar surface area (TPSA) is 101 Å². The van der Waals surface area contributed by atoms with Crippen molar-refractivity contribution in [2.75, 3.05) is 16.4 Å². The summed E-state index contributed by atoms with van der Waals surface area (Å²) in [6, 6.07) is 11.0. The van der Waals surface area contributed by atoms with Crippen LogP contribution in [0.3, 0.4) is 0 Å². The highest BCUT2D eigenvalue weighted by atomic mass is 79.9. The van der Waals surface area contributed by atoms with Gasteiger partial charge in [-0.15, -0.1) is 0 Å². The maximum absolute atomic E-state index is 14.5. The zero-order valence-corrected chi connectivity index (χ0v) is 26.3. The molecule has 9 heteroatoms. The first kappa shape index (κ1) is 28.5. The Balaban J connectivity index is 1.60. The van der Waals surface area contributed by atoms with Gasteiger partial charge in [0.15, 0.2) is 0 Å². The summed E-state index contributed by atoms with van der Waals surface area (Å²) in [5, 5.41) is 0. The van der Waals surface area contributed by atoms with Crippen molar-refractivity contribution in [2.45, 2.75) is 52.8 Å². The van der Waals surface area contributed by atoms with E-state index in [9.17, 15) is 24.0 Å². The Hall–Kier alpha value is -3.59. The van der Waals surface area contributed by atoms with E-state index >= 15 is 0 Å². The lowest BCUT2D eigenvalue weighted by molar-refractivity contribution is -0.152. The van der Waals surface area contributed by atoms with E-state index in [1.54, 1.807) is 32.9 Å². The summed E-state index contributed by atoms with van der Waals surface area (Å²) in [4.78, 5) is 73.8. The maximum atomic E-state index is 14.5. The maximum Gasteiger partial charge on any atom is 0.334 e. The van der Waals surface area contributed by atoms with Crippen LogP contribution in [-0.2, 0) is 28.7 Å². The highest BCUT2D eigenvalue weighted by Crippen LogP contribution is 2.72. The van der Waals surface area contributed by atoms with Crippen LogP contribution in [0.4, 0.5) is 11.4 Å². The van der Waals surface area contributed by atoms with Gasteiger partial charge in [0.05, 0.1) is 46.0 Å². The molecule has 2 aromatic rings. The van der Waals surface area contributed by atoms with Crippen LogP contribution in [0.2, 0.25) is 0 Å². The van der Waals surface area contributed by atoms with Crippen molar-refractivity contribution >= 4 is 56.9 Å². The van der Waals surface area contributed by atoms with Crippen LogP contribution >= 0.6 is 15.9 Å². The monoisotopic (exact) mass is 632 g/mol. The minimum absolute atomic E-state index is 0.0896. The number of anilines is 2. The van der Waals surface area contributed by atoms with Crippen molar-refractivity contribution < 1.29 is 28.7 Å². The van der Waals surface area contributed by atoms with Crippen LogP contribution < -0.4 is 9.80 Å². The highest BCUT2D eigenvalue weighted by molar-refractivity contribution is 9.10. The summed E-state index contributed by atoms with van der Waals surface area (Å²) in [7, 11) is 0. The average molecular weight is 634 g/mol. The molecule has 0 N–H and O–H groups in total. The van der Waals surface area contributed by atoms with E-state index in [1.807, 2.05) is 52.0 Å². The van der Waals surface area contributed by atoms with E-state index in [-0.39, 0.29) is 12.2 Å². The van der Waals surface area contributed by atoms with Crippen LogP contribution in [-0.4, -0.2) is 40.5 Å². The molecule has 3 aliphatic carbocycles. The van der Waals surface area contributed by atoms with Gasteiger partial charge in [0, 0.05) is 11.0 Å². The smallest absolute Gasteiger partial charge is 0.334 e. The van der Waals surface area contributed by atoms with Gasteiger partial charge < -0.3 is 4.74 Å². The Morgan fingerprint density at radius 2 is 1.17 bits per heavy atom. The van der Waals surface area contributed by atoms with E-state index < -0.39 is 63.0 Å². The third kappa shape index (κ3) is 3.31. The Labute approximate surface area is 253 Å².